The van der Waals surface area contributed by atoms with Crippen LogP contribution in [0.1, 0.15) is 11.4 Å². The maximum atomic E-state index is 5.96. The van der Waals surface area contributed by atoms with Crippen LogP contribution in [0.2, 0.25) is 5.02 Å². The first-order valence-corrected chi connectivity index (χ1v) is 7.49. The number of nitrogens with zero attached hydrogens (tertiary/aromatic N) is 2. The van der Waals surface area contributed by atoms with Crippen molar-refractivity contribution < 1.29 is 4.52 Å². The number of halogens is 2. The fraction of sp³-hybridized carbons (Fsp3) is 0.0667. The second-order valence-electron chi connectivity index (χ2n) is 4.33. The highest BCUT2D eigenvalue weighted by Crippen LogP contribution is 2.20. The van der Waals surface area contributed by atoms with Crippen molar-refractivity contribution in [2.24, 2.45) is 0 Å². The third kappa shape index (κ3) is 3.19. The molecule has 0 unspecified atom stereocenters. The van der Waals surface area contributed by atoms with E-state index >= 15 is 0 Å². The summed E-state index contributed by atoms with van der Waals surface area (Å²) in [5, 5.41) is 4.72. The minimum Gasteiger partial charge on any atom is -0.334 e. The molecule has 0 fully saturated rings. The molecule has 20 heavy (non-hydrogen) atoms. The Morgan fingerprint density at radius 2 is 1.90 bits per heavy atom. The summed E-state index contributed by atoms with van der Waals surface area (Å²) >= 11 is 8.22. The monoisotopic (exact) mass is 396 g/mol. The summed E-state index contributed by atoms with van der Waals surface area (Å²) in [6, 6.07) is 15.6. The zero-order valence-electron chi connectivity index (χ0n) is 10.4. The lowest BCUT2D eigenvalue weighted by Crippen LogP contribution is -1.90. The van der Waals surface area contributed by atoms with Crippen LogP contribution in [0.15, 0.2) is 53.1 Å². The van der Waals surface area contributed by atoms with Gasteiger partial charge in [-0.2, -0.15) is 4.98 Å². The lowest BCUT2D eigenvalue weighted by atomic mass is 10.1. The minimum atomic E-state index is 0.540. The molecule has 100 valence electrons. The SMILES string of the molecule is Clc1cccc(Cc2noc(-c3ccc(I)cc3)n2)c1. The lowest BCUT2D eigenvalue weighted by molar-refractivity contribution is 0.424. The second-order valence-corrected chi connectivity index (χ2v) is 6.01. The zero-order valence-corrected chi connectivity index (χ0v) is 13.3. The number of hydrogen-bond donors (Lipinski definition) is 0. The van der Waals surface area contributed by atoms with E-state index in [2.05, 4.69) is 32.7 Å². The number of benzene rings is 2. The summed E-state index contributed by atoms with van der Waals surface area (Å²) in [7, 11) is 0. The van der Waals surface area contributed by atoms with Crippen LogP contribution in [-0.2, 0) is 6.42 Å². The Balaban J connectivity index is 1.82. The van der Waals surface area contributed by atoms with E-state index in [0.29, 0.717) is 23.2 Å². The smallest absolute Gasteiger partial charge is 0.257 e. The van der Waals surface area contributed by atoms with Crippen LogP contribution >= 0.6 is 34.2 Å². The first-order valence-electron chi connectivity index (χ1n) is 6.04. The topological polar surface area (TPSA) is 38.9 Å². The summed E-state index contributed by atoms with van der Waals surface area (Å²) < 4.78 is 6.47. The van der Waals surface area contributed by atoms with E-state index in [1.165, 1.54) is 3.57 Å². The number of rotatable bonds is 3. The Hall–Kier alpha value is -1.40. The molecule has 1 heterocycles. The molecule has 2 aromatic carbocycles. The minimum absolute atomic E-state index is 0.540. The van der Waals surface area contributed by atoms with Crippen molar-refractivity contribution in [3.63, 3.8) is 0 Å². The van der Waals surface area contributed by atoms with Gasteiger partial charge in [0.1, 0.15) is 0 Å². The molecule has 3 aromatic rings. The van der Waals surface area contributed by atoms with E-state index in [9.17, 15) is 0 Å². The Morgan fingerprint density at radius 1 is 1.10 bits per heavy atom. The van der Waals surface area contributed by atoms with E-state index < -0.39 is 0 Å². The summed E-state index contributed by atoms with van der Waals surface area (Å²) in [4.78, 5) is 4.41. The molecule has 0 bridgehead atoms. The van der Waals surface area contributed by atoms with Gasteiger partial charge in [0.25, 0.3) is 5.89 Å². The molecular weight excluding hydrogens is 387 g/mol. The van der Waals surface area contributed by atoms with Gasteiger partial charge in [-0.1, -0.05) is 28.9 Å². The molecule has 0 aliphatic rings. The second kappa shape index (κ2) is 5.93. The molecule has 5 heteroatoms. The molecule has 0 aliphatic heterocycles. The van der Waals surface area contributed by atoms with Gasteiger partial charge in [-0.15, -0.1) is 0 Å². The third-order valence-corrected chi connectivity index (χ3v) is 3.76. The maximum Gasteiger partial charge on any atom is 0.257 e. The van der Waals surface area contributed by atoms with E-state index in [1.54, 1.807) is 0 Å². The highest BCUT2D eigenvalue weighted by molar-refractivity contribution is 14.1. The van der Waals surface area contributed by atoms with Gasteiger partial charge in [0, 0.05) is 20.6 Å². The standard InChI is InChI=1S/C15H10ClIN2O/c16-12-3-1-2-10(8-12)9-14-18-15(20-19-14)11-4-6-13(17)7-5-11/h1-8H,9H2. The zero-order chi connectivity index (χ0) is 13.9. The van der Waals surface area contributed by atoms with Gasteiger partial charge in [0.2, 0.25) is 0 Å². The molecule has 0 aliphatic carbocycles. The first-order chi connectivity index (χ1) is 9.70. The van der Waals surface area contributed by atoms with Gasteiger partial charge in [-0.05, 0) is 64.6 Å². The van der Waals surface area contributed by atoms with E-state index in [-0.39, 0.29) is 0 Å². The molecule has 1 aromatic heterocycles. The fourth-order valence-corrected chi connectivity index (χ4v) is 2.44. The van der Waals surface area contributed by atoms with Crippen LogP contribution in [0.25, 0.3) is 11.5 Å². The van der Waals surface area contributed by atoms with Gasteiger partial charge in [-0.25, -0.2) is 0 Å². The van der Waals surface area contributed by atoms with Crippen LogP contribution in [0.4, 0.5) is 0 Å². The quantitative estimate of drug-likeness (QED) is 0.608. The predicted octanol–water partition coefficient (Wildman–Crippen LogP) is 4.59. The predicted molar refractivity (Wildman–Crippen MR) is 86.7 cm³/mol. The molecule has 3 nitrogen and oxygen atoms in total. The van der Waals surface area contributed by atoms with Gasteiger partial charge in [0.05, 0.1) is 0 Å². The highest BCUT2D eigenvalue weighted by atomic mass is 127. The molecule has 0 radical (unpaired) electrons. The van der Waals surface area contributed by atoms with Crippen molar-refractivity contribution in [3.05, 3.63) is 68.5 Å². The highest BCUT2D eigenvalue weighted by Gasteiger charge is 2.09. The van der Waals surface area contributed by atoms with Gasteiger partial charge in [-0.3, -0.25) is 0 Å². The number of aromatic nitrogens is 2. The molecule has 0 atom stereocenters. The van der Waals surface area contributed by atoms with Crippen molar-refractivity contribution in [1.82, 2.24) is 10.1 Å². The average Bonchev–Trinajstić information content (AvgIpc) is 2.88. The summed E-state index contributed by atoms with van der Waals surface area (Å²) in [5.74, 6) is 1.19. The largest absolute Gasteiger partial charge is 0.334 e. The molecule has 0 saturated heterocycles. The Labute approximate surface area is 135 Å². The molecule has 0 amide bonds. The fourth-order valence-electron chi connectivity index (χ4n) is 1.86. The van der Waals surface area contributed by atoms with Crippen molar-refractivity contribution in [2.75, 3.05) is 0 Å². The van der Waals surface area contributed by atoms with E-state index in [0.717, 1.165) is 11.1 Å². The Bertz CT molecular complexity index is 725. The Kier molecular flexibility index (Phi) is 4.03. The van der Waals surface area contributed by atoms with E-state index in [1.807, 2.05) is 48.5 Å². The van der Waals surface area contributed by atoms with Gasteiger partial charge in [0.15, 0.2) is 5.82 Å². The van der Waals surface area contributed by atoms with Crippen LogP contribution in [0.3, 0.4) is 0 Å². The molecule has 0 saturated carbocycles. The number of hydrogen-bond acceptors (Lipinski definition) is 3. The summed E-state index contributed by atoms with van der Waals surface area (Å²) in [5.41, 5.74) is 1.99. The van der Waals surface area contributed by atoms with Crippen LogP contribution in [0, 0.1) is 3.57 Å². The summed E-state index contributed by atoms with van der Waals surface area (Å²) in [6.45, 7) is 0. The van der Waals surface area contributed by atoms with Crippen molar-refractivity contribution in [3.8, 4) is 11.5 Å². The molecule has 0 spiro atoms. The average molecular weight is 397 g/mol. The Morgan fingerprint density at radius 3 is 2.65 bits per heavy atom. The first kappa shape index (κ1) is 13.6. The lowest BCUT2D eigenvalue weighted by Gasteiger charge is -1.96. The third-order valence-electron chi connectivity index (χ3n) is 2.81. The van der Waals surface area contributed by atoms with Gasteiger partial charge < -0.3 is 4.52 Å². The normalized spacial score (nSPS) is 10.7. The molecule has 0 N–H and O–H groups in total. The molecule has 3 rings (SSSR count). The van der Waals surface area contributed by atoms with E-state index in [4.69, 9.17) is 16.1 Å². The van der Waals surface area contributed by atoms with Crippen LogP contribution in [-0.4, -0.2) is 10.1 Å². The summed E-state index contributed by atoms with van der Waals surface area (Å²) in [6.07, 6.45) is 0.606. The van der Waals surface area contributed by atoms with Crippen molar-refractivity contribution >= 4 is 34.2 Å². The van der Waals surface area contributed by atoms with Gasteiger partial charge >= 0.3 is 0 Å². The van der Waals surface area contributed by atoms with Crippen molar-refractivity contribution in [1.29, 1.82) is 0 Å². The molecular formula is C15H10ClIN2O. The maximum absolute atomic E-state index is 5.96. The van der Waals surface area contributed by atoms with Crippen LogP contribution in [0.5, 0.6) is 0 Å². The van der Waals surface area contributed by atoms with Crippen LogP contribution < -0.4 is 0 Å². The van der Waals surface area contributed by atoms with Crippen molar-refractivity contribution in [2.45, 2.75) is 6.42 Å².